The number of nitrogens with zero attached hydrogens (tertiary/aromatic N) is 5. The third kappa shape index (κ3) is 11.9. The van der Waals surface area contributed by atoms with Gasteiger partial charge < -0.3 is 10.6 Å². The molecule has 0 aliphatic heterocycles. The molecule has 1 unspecified atom stereocenters. The molecule has 232 valence electrons. The summed E-state index contributed by atoms with van der Waals surface area (Å²) in [5, 5.41) is 15.4. The fourth-order valence-corrected chi connectivity index (χ4v) is 4.38. The third-order valence-electron chi connectivity index (χ3n) is 6.94. The Balaban J connectivity index is 0.000000364. The van der Waals surface area contributed by atoms with E-state index < -0.39 is 12.1 Å². The van der Waals surface area contributed by atoms with Crippen LogP contribution in [0.3, 0.4) is 0 Å². The molecule has 3 aromatic heterocycles. The van der Waals surface area contributed by atoms with Gasteiger partial charge in [-0.25, -0.2) is 22.7 Å². The Hall–Kier alpha value is -3.30. The highest BCUT2D eigenvalue weighted by Gasteiger charge is 2.30. The average Bonchev–Trinajstić information content (AvgIpc) is 3.63. The van der Waals surface area contributed by atoms with Gasteiger partial charge in [0.2, 0.25) is 5.92 Å². The van der Waals surface area contributed by atoms with Gasteiger partial charge in [0.1, 0.15) is 0 Å². The summed E-state index contributed by atoms with van der Waals surface area (Å²) < 4.78 is 41.0. The fraction of sp³-hybridized carbons (Fsp3) is 0.594. The summed E-state index contributed by atoms with van der Waals surface area (Å²) >= 11 is 0. The number of allylic oxidation sites excluding steroid dienone is 1. The molecule has 2 aliphatic carbocycles. The molecule has 5 rings (SSSR count). The van der Waals surface area contributed by atoms with Crippen LogP contribution in [-0.4, -0.2) is 36.5 Å². The topological polar surface area (TPSA) is 72.1 Å². The van der Waals surface area contributed by atoms with Gasteiger partial charge in [-0.05, 0) is 70.6 Å². The average molecular weight is 588 g/mol. The molecular weight excluding hydrogens is 539 g/mol. The molecule has 10 heteroatoms. The van der Waals surface area contributed by atoms with Crippen LogP contribution in [0.15, 0.2) is 49.6 Å². The number of hydrogen-bond donors (Lipinski definition) is 2. The second-order valence-electron chi connectivity index (χ2n) is 11.6. The van der Waals surface area contributed by atoms with Gasteiger partial charge >= 0.3 is 0 Å². The predicted octanol–water partition coefficient (Wildman–Crippen LogP) is 8.15. The van der Waals surface area contributed by atoms with E-state index in [4.69, 9.17) is 0 Å². The van der Waals surface area contributed by atoms with E-state index in [1.807, 2.05) is 29.2 Å². The van der Waals surface area contributed by atoms with Crippen LogP contribution < -0.4 is 10.6 Å². The van der Waals surface area contributed by atoms with Gasteiger partial charge in [0.05, 0.1) is 42.2 Å². The Morgan fingerprint density at radius 1 is 1.00 bits per heavy atom. The van der Waals surface area contributed by atoms with Gasteiger partial charge in [-0.2, -0.15) is 10.2 Å². The van der Waals surface area contributed by atoms with E-state index in [1.165, 1.54) is 19.3 Å². The molecular formula is C32H48F3N7. The molecule has 2 fully saturated rings. The first-order valence-electron chi connectivity index (χ1n) is 15.3. The Labute approximate surface area is 248 Å². The summed E-state index contributed by atoms with van der Waals surface area (Å²) in [6.07, 6.45) is 14.0. The monoisotopic (exact) mass is 587 g/mol. The lowest BCUT2D eigenvalue weighted by atomic mass is 9.97. The van der Waals surface area contributed by atoms with Crippen LogP contribution >= 0.6 is 0 Å². The van der Waals surface area contributed by atoms with Crippen LogP contribution in [0.5, 0.6) is 0 Å². The molecule has 0 spiro atoms. The van der Waals surface area contributed by atoms with Crippen molar-refractivity contribution in [3.63, 3.8) is 0 Å². The Morgan fingerprint density at radius 3 is 2.29 bits per heavy atom. The summed E-state index contributed by atoms with van der Waals surface area (Å²) in [4.78, 5) is 4.66. The van der Waals surface area contributed by atoms with E-state index in [1.54, 1.807) is 17.6 Å². The van der Waals surface area contributed by atoms with Crippen LogP contribution in [-0.2, 0) is 13.1 Å². The van der Waals surface area contributed by atoms with Gasteiger partial charge in [-0.15, -0.1) is 0 Å². The fourth-order valence-electron chi connectivity index (χ4n) is 4.38. The van der Waals surface area contributed by atoms with Crippen molar-refractivity contribution >= 4 is 11.3 Å². The number of hydrogen-bond acceptors (Lipinski definition) is 5. The van der Waals surface area contributed by atoms with Gasteiger partial charge in [0.15, 0.2) is 5.65 Å². The molecule has 0 radical (unpaired) electrons. The van der Waals surface area contributed by atoms with Crippen LogP contribution in [0.2, 0.25) is 0 Å². The molecule has 0 bridgehead atoms. The highest BCUT2D eigenvalue weighted by Crippen LogP contribution is 2.32. The SMILES string of the molecule is C1CC1.C=C(CCCC(C)F)NCc1cnn2cc(CNC(=C)c3ccnn3C(C)C)nc2c1.FC1(F)CCCCC1. The van der Waals surface area contributed by atoms with E-state index >= 15 is 0 Å². The standard InChI is InChI=1S/C23H32FN7.C6H10F2.C3H6/c1-16(2)31-22(9-10-27-31)19(5)26-14-21-15-30-23(29-21)11-20(13-28-30)12-25-18(4)8-6-7-17(3)24;7-6(8)4-2-1-3-5-6;1-2-3-1/h9-11,13,15-17,25-26H,4-8,12,14H2,1-3H3;1-5H2;1-3H2. The largest absolute Gasteiger partial charge is 0.385 e. The molecule has 3 heterocycles. The molecule has 7 nitrogen and oxygen atoms in total. The summed E-state index contributed by atoms with van der Waals surface area (Å²) in [7, 11) is 0. The van der Waals surface area contributed by atoms with Crippen LogP contribution in [0.25, 0.3) is 11.3 Å². The number of nitrogens with one attached hydrogen (secondary N) is 2. The minimum absolute atomic E-state index is 0.118. The lowest BCUT2D eigenvalue weighted by Gasteiger charge is -2.20. The van der Waals surface area contributed by atoms with Crippen molar-refractivity contribution in [2.75, 3.05) is 0 Å². The van der Waals surface area contributed by atoms with Crippen molar-refractivity contribution in [2.24, 2.45) is 0 Å². The Morgan fingerprint density at radius 2 is 1.69 bits per heavy atom. The van der Waals surface area contributed by atoms with Crippen molar-refractivity contribution < 1.29 is 13.2 Å². The normalized spacial score (nSPS) is 16.1. The summed E-state index contributed by atoms with van der Waals surface area (Å²) in [5.41, 5.74) is 5.36. The van der Waals surface area contributed by atoms with Crippen LogP contribution in [0.1, 0.15) is 114 Å². The smallest absolute Gasteiger partial charge is 0.248 e. The second-order valence-corrected chi connectivity index (χ2v) is 11.6. The minimum Gasteiger partial charge on any atom is -0.385 e. The predicted molar refractivity (Wildman–Crippen MR) is 164 cm³/mol. The van der Waals surface area contributed by atoms with Crippen LogP contribution in [0.4, 0.5) is 13.2 Å². The first-order valence-corrected chi connectivity index (χ1v) is 15.3. The maximum absolute atomic E-state index is 12.9. The van der Waals surface area contributed by atoms with E-state index in [0.29, 0.717) is 32.4 Å². The van der Waals surface area contributed by atoms with E-state index in [9.17, 15) is 13.2 Å². The molecule has 0 amide bonds. The van der Waals surface area contributed by atoms with Crippen LogP contribution in [0, 0.1) is 0 Å². The molecule has 2 saturated carbocycles. The van der Waals surface area contributed by atoms with Crippen molar-refractivity contribution in [3.8, 4) is 0 Å². The van der Waals surface area contributed by atoms with Gasteiger partial charge in [-0.3, -0.25) is 4.68 Å². The quantitative estimate of drug-likeness (QED) is 0.224. The van der Waals surface area contributed by atoms with Crippen molar-refractivity contribution in [3.05, 3.63) is 66.5 Å². The van der Waals surface area contributed by atoms with Gasteiger partial charge in [-0.1, -0.05) is 38.8 Å². The maximum atomic E-state index is 12.9. The summed E-state index contributed by atoms with van der Waals surface area (Å²) in [6, 6.07) is 4.22. The number of halogens is 3. The van der Waals surface area contributed by atoms with Crippen molar-refractivity contribution in [1.29, 1.82) is 0 Å². The summed E-state index contributed by atoms with van der Waals surface area (Å²) in [6.45, 7) is 15.1. The number of rotatable bonds is 12. The molecule has 0 aromatic carbocycles. The number of fused-ring (bicyclic) bond motifs is 1. The Kier molecular flexibility index (Phi) is 12.9. The lowest BCUT2D eigenvalue weighted by Crippen LogP contribution is -2.18. The summed E-state index contributed by atoms with van der Waals surface area (Å²) in [5.74, 6) is -2.32. The van der Waals surface area contributed by atoms with E-state index in [2.05, 4.69) is 52.8 Å². The molecule has 42 heavy (non-hydrogen) atoms. The molecule has 2 N–H and O–H groups in total. The van der Waals surface area contributed by atoms with Crippen molar-refractivity contribution in [2.45, 2.75) is 123 Å². The highest BCUT2D eigenvalue weighted by atomic mass is 19.3. The zero-order valence-corrected chi connectivity index (χ0v) is 25.5. The first-order chi connectivity index (χ1) is 20.0. The zero-order valence-electron chi connectivity index (χ0n) is 25.5. The second kappa shape index (κ2) is 16.4. The maximum Gasteiger partial charge on any atom is 0.248 e. The first kappa shape index (κ1) is 33.2. The molecule has 2 aliphatic rings. The number of alkyl halides is 3. The van der Waals surface area contributed by atoms with E-state index in [-0.39, 0.29) is 18.9 Å². The number of imidazole rings is 1. The Bertz CT molecular complexity index is 1250. The highest BCUT2D eigenvalue weighted by molar-refractivity contribution is 5.58. The molecule has 0 saturated heterocycles. The van der Waals surface area contributed by atoms with E-state index in [0.717, 1.165) is 53.3 Å². The minimum atomic E-state index is -2.32. The van der Waals surface area contributed by atoms with Gasteiger partial charge in [0, 0.05) is 37.3 Å². The zero-order chi connectivity index (χ0) is 30.5. The van der Waals surface area contributed by atoms with Gasteiger partial charge in [0.25, 0.3) is 0 Å². The van der Waals surface area contributed by atoms with Crippen molar-refractivity contribution in [1.82, 2.24) is 35.0 Å². The lowest BCUT2D eigenvalue weighted by molar-refractivity contribution is -0.0337. The number of aromatic nitrogens is 5. The molecule has 3 aromatic rings. The third-order valence-corrected chi connectivity index (χ3v) is 6.94. The molecule has 1 atom stereocenters.